The van der Waals surface area contributed by atoms with Crippen molar-refractivity contribution in [2.75, 3.05) is 6.61 Å². The van der Waals surface area contributed by atoms with E-state index in [9.17, 15) is 18.0 Å². The van der Waals surface area contributed by atoms with Crippen LogP contribution in [-0.2, 0) is 16.0 Å². The lowest BCUT2D eigenvalue weighted by Crippen LogP contribution is -2.52. The highest BCUT2D eigenvalue weighted by atomic mass is 19.4. The molecule has 3 atom stereocenters. The van der Waals surface area contributed by atoms with Gasteiger partial charge in [0.15, 0.2) is 0 Å². The minimum Gasteiger partial charge on any atom is -0.348 e. The van der Waals surface area contributed by atoms with Gasteiger partial charge in [-0.3, -0.25) is 4.79 Å². The Bertz CT molecular complexity index is 530. The highest BCUT2D eigenvalue weighted by Crippen LogP contribution is 2.35. The molecule has 0 bridgehead atoms. The second-order valence-electron chi connectivity index (χ2n) is 6.37. The Morgan fingerprint density at radius 2 is 1.87 bits per heavy atom. The summed E-state index contributed by atoms with van der Waals surface area (Å²) < 4.78 is 44.4. The largest absolute Gasteiger partial charge is 0.433 e. The van der Waals surface area contributed by atoms with Gasteiger partial charge in [0, 0.05) is 5.92 Å². The average molecular weight is 329 g/mol. The van der Waals surface area contributed by atoms with Gasteiger partial charge in [0.1, 0.15) is 0 Å². The van der Waals surface area contributed by atoms with Gasteiger partial charge >= 0.3 is 6.18 Å². The smallest absolute Gasteiger partial charge is 0.348 e. The molecule has 1 heterocycles. The van der Waals surface area contributed by atoms with Crippen LogP contribution in [0.5, 0.6) is 0 Å². The molecule has 128 valence electrons. The van der Waals surface area contributed by atoms with E-state index in [1.54, 1.807) is 20.8 Å². The molecule has 0 unspecified atom stereocenters. The number of hydrogen-bond acceptors (Lipinski definition) is 2. The zero-order valence-corrected chi connectivity index (χ0v) is 13.5. The summed E-state index contributed by atoms with van der Waals surface area (Å²) in [7, 11) is 0. The lowest BCUT2D eigenvalue weighted by atomic mass is 9.97. The Hall–Kier alpha value is -1.56. The normalized spacial score (nSPS) is 23.3. The summed E-state index contributed by atoms with van der Waals surface area (Å²) in [5, 5.41) is 0. The summed E-state index contributed by atoms with van der Waals surface area (Å²) >= 11 is 0. The van der Waals surface area contributed by atoms with E-state index in [2.05, 4.69) is 0 Å². The van der Waals surface area contributed by atoms with Crippen molar-refractivity contribution in [3.05, 3.63) is 35.9 Å². The molecule has 1 aromatic rings. The van der Waals surface area contributed by atoms with Crippen molar-refractivity contribution in [1.29, 1.82) is 0 Å². The first-order valence-corrected chi connectivity index (χ1v) is 7.76. The third-order valence-electron chi connectivity index (χ3n) is 4.15. The van der Waals surface area contributed by atoms with Gasteiger partial charge in [0.05, 0.1) is 12.6 Å². The van der Waals surface area contributed by atoms with Crippen LogP contribution in [0.1, 0.15) is 26.3 Å². The standard InChI is InChI=1S/C17H22F3NO2/c1-11(2)14-10-23-16(17(18,19)20)21(14)15(22)12(3)9-13-7-5-4-6-8-13/h4-8,11-12,14,16H,9-10H2,1-3H3/t12-,14-,16-/m1/s1. The van der Waals surface area contributed by atoms with Crippen LogP contribution in [0.2, 0.25) is 0 Å². The molecule has 1 aliphatic heterocycles. The van der Waals surface area contributed by atoms with E-state index in [1.165, 1.54) is 0 Å². The van der Waals surface area contributed by atoms with Gasteiger partial charge in [-0.15, -0.1) is 0 Å². The summed E-state index contributed by atoms with van der Waals surface area (Å²) in [5.74, 6) is -1.15. The fourth-order valence-electron chi connectivity index (χ4n) is 2.88. The predicted octanol–water partition coefficient (Wildman–Crippen LogP) is 3.64. The lowest BCUT2D eigenvalue weighted by Gasteiger charge is -2.33. The molecule has 2 rings (SSSR count). The molecule has 1 aliphatic rings. The van der Waals surface area contributed by atoms with E-state index >= 15 is 0 Å². The van der Waals surface area contributed by atoms with Crippen molar-refractivity contribution >= 4 is 5.91 Å². The van der Waals surface area contributed by atoms with Crippen LogP contribution in [0.15, 0.2) is 30.3 Å². The molecule has 1 fully saturated rings. The van der Waals surface area contributed by atoms with Gasteiger partial charge in [0.2, 0.25) is 12.1 Å². The number of amides is 1. The molecule has 3 nitrogen and oxygen atoms in total. The quantitative estimate of drug-likeness (QED) is 0.844. The minimum absolute atomic E-state index is 0.0777. The van der Waals surface area contributed by atoms with Crippen LogP contribution < -0.4 is 0 Å². The first-order chi connectivity index (χ1) is 10.7. The molecule has 1 saturated heterocycles. The third kappa shape index (κ3) is 4.05. The van der Waals surface area contributed by atoms with E-state index in [1.807, 2.05) is 30.3 Å². The van der Waals surface area contributed by atoms with Crippen molar-refractivity contribution < 1.29 is 22.7 Å². The number of carbonyl (C=O) groups excluding carboxylic acids is 1. The summed E-state index contributed by atoms with van der Waals surface area (Å²) in [6.07, 6.45) is -6.31. The zero-order chi connectivity index (χ0) is 17.2. The number of rotatable bonds is 4. The van der Waals surface area contributed by atoms with Crippen molar-refractivity contribution in [2.45, 2.75) is 45.6 Å². The maximum absolute atomic E-state index is 13.2. The van der Waals surface area contributed by atoms with Gasteiger partial charge in [0.25, 0.3) is 0 Å². The van der Waals surface area contributed by atoms with Crippen molar-refractivity contribution in [1.82, 2.24) is 4.90 Å². The van der Waals surface area contributed by atoms with Crippen LogP contribution in [0, 0.1) is 11.8 Å². The summed E-state index contributed by atoms with van der Waals surface area (Å²) in [5.41, 5.74) is 0.929. The van der Waals surface area contributed by atoms with E-state index < -0.39 is 30.3 Å². The fourth-order valence-corrected chi connectivity index (χ4v) is 2.88. The number of nitrogens with zero attached hydrogens (tertiary/aromatic N) is 1. The number of hydrogen-bond donors (Lipinski definition) is 0. The van der Waals surface area contributed by atoms with Gasteiger partial charge in [-0.1, -0.05) is 51.1 Å². The monoisotopic (exact) mass is 329 g/mol. The van der Waals surface area contributed by atoms with Crippen molar-refractivity contribution in [2.24, 2.45) is 11.8 Å². The van der Waals surface area contributed by atoms with Crippen LogP contribution in [0.4, 0.5) is 13.2 Å². The number of benzene rings is 1. The van der Waals surface area contributed by atoms with Gasteiger partial charge < -0.3 is 9.64 Å². The van der Waals surface area contributed by atoms with Crippen molar-refractivity contribution in [3.63, 3.8) is 0 Å². The Balaban J connectivity index is 2.18. The van der Waals surface area contributed by atoms with E-state index in [4.69, 9.17) is 4.74 Å². The molecule has 0 spiro atoms. The molecule has 0 aliphatic carbocycles. The molecular formula is C17H22F3NO2. The van der Waals surface area contributed by atoms with Crippen LogP contribution in [0.25, 0.3) is 0 Å². The fraction of sp³-hybridized carbons (Fsp3) is 0.588. The maximum atomic E-state index is 13.2. The highest BCUT2D eigenvalue weighted by Gasteiger charge is 2.54. The zero-order valence-electron chi connectivity index (χ0n) is 13.5. The number of alkyl halides is 3. The molecule has 23 heavy (non-hydrogen) atoms. The Labute approximate surface area is 134 Å². The second-order valence-corrected chi connectivity index (χ2v) is 6.37. The van der Waals surface area contributed by atoms with E-state index in [0.29, 0.717) is 6.42 Å². The lowest BCUT2D eigenvalue weighted by molar-refractivity contribution is -0.241. The summed E-state index contributed by atoms with van der Waals surface area (Å²) in [6.45, 7) is 5.19. The maximum Gasteiger partial charge on any atom is 0.433 e. The molecule has 0 aromatic heterocycles. The van der Waals surface area contributed by atoms with Gasteiger partial charge in [-0.2, -0.15) is 13.2 Å². The summed E-state index contributed by atoms with van der Waals surface area (Å²) in [4.78, 5) is 13.6. The molecule has 0 saturated carbocycles. The van der Waals surface area contributed by atoms with Crippen LogP contribution in [0.3, 0.4) is 0 Å². The average Bonchev–Trinajstić information content (AvgIpc) is 2.92. The number of ether oxygens (including phenoxy) is 1. The third-order valence-corrected chi connectivity index (χ3v) is 4.15. The Morgan fingerprint density at radius 1 is 1.26 bits per heavy atom. The van der Waals surface area contributed by atoms with Gasteiger partial charge in [-0.25, -0.2) is 0 Å². The number of halogens is 3. The highest BCUT2D eigenvalue weighted by molar-refractivity contribution is 5.79. The SMILES string of the molecule is CC(C)[C@H]1CO[C@H](C(F)(F)F)N1C(=O)[C@H](C)Cc1ccccc1. The predicted molar refractivity (Wildman–Crippen MR) is 80.6 cm³/mol. The Morgan fingerprint density at radius 3 is 2.39 bits per heavy atom. The molecule has 1 amide bonds. The van der Waals surface area contributed by atoms with Gasteiger partial charge in [-0.05, 0) is 17.9 Å². The first-order valence-electron chi connectivity index (χ1n) is 7.76. The molecule has 6 heteroatoms. The van der Waals surface area contributed by atoms with Crippen molar-refractivity contribution in [3.8, 4) is 0 Å². The van der Waals surface area contributed by atoms with E-state index in [0.717, 1.165) is 10.5 Å². The first kappa shape index (κ1) is 17.8. The van der Waals surface area contributed by atoms with E-state index in [-0.39, 0.29) is 12.5 Å². The molecule has 0 N–H and O–H groups in total. The molecule has 1 aromatic carbocycles. The van der Waals surface area contributed by atoms with Crippen LogP contribution in [-0.4, -0.2) is 35.9 Å². The topological polar surface area (TPSA) is 29.5 Å². The summed E-state index contributed by atoms with van der Waals surface area (Å²) in [6, 6.07) is 8.74. The van der Waals surface area contributed by atoms with Crippen LogP contribution >= 0.6 is 0 Å². The molecular weight excluding hydrogens is 307 g/mol. The minimum atomic E-state index is -4.58. The number of carbonyl (C=O) groups is 1. The molecule has 0 radical (unpaired) electrons. The second kappa shape index (κ2) is 6.91. The Kier molecular flexibility index (Phi) is 5.34.